The van der Waals surface area contributed by atoms with E-state index in [9.17, 15) is 4.79 Å². The van der Waals surface area contributed by atoms with Gasteiger partial charge in [-0.05, 0) is 37.6 Å². The molecule has 23 heavy (non-hydrogen) atoms. The molecule has 5 nitrogen and oxygen atoms in total. The van der Waals surface area contributed by atoms with Crippen LogP contribution in [0.4, 0.5) is 0 Å². The molecule has 0 saturated carbocycles. The first-order chi connectivity index (χ1) is 10.1. The van der Waals surface area contributed by atoms with Crippen LogP contribution in [0.5, 0.6) is 0 Å². The Balaban J connectivity index is 0.00000242. The monoisotopic (exact) mass is 369 g/mol. The smallest absolute Gasteiger partial charge is 0.250 e. The predicted molar refractivity (Wildman–Crippen MR) is 98.7 cm³/mol. The summed E-state index contributed by atoms with van der Waals surface area (Å²) >= 11 is 0. The van der Waals surface area contributed by atoms with Crippen molar-refractivity contribution >= 4 is 30.7 Å². The molecular weight excluding hydrogens is 337 g/mol. The number of ether oxygens (including phenoxy) is 1. The molecule has 0 aliphatic carbocycles. The number of amides is 1. The molecule has 1 amide bonds. The zero-order valence-corrected chi connectivity index (χ0v) is 16.0. The van der Waals surface area contributed by atoms with E-state index >= 15 is 0 Å². The third-order valence-electron chi connectivity index (χ3n) is 4.36. The van der Waals surface area contributed by atoms with E-state index in [0.29, 0.717) is 13.2 Å². The number of nitrogens with zero attached hydrogens (tertiary/aromatic N) is 1. The van der Waals surface area contributed by atoms with Crippen LogP contribution in [0.1, 0.15) is 33.1 Å². The normalized spacial score (nSPS) is 28.3. The number of morpholine rings is 1. The molecule has 0 bridgehead atoms. The molecule has 2 aliphatic heterocycles. The molecule has 3 atom stereocenters. The van der Waals surface area contributed by atoms with E-state index in [4.69, 9.17) is 4.74 Å². The van der Waals surface area contributed by atoms with Gasteiger partial charge in [-0.25, -0.2) is 0 Å². The molecule has 2 heterocycles. The van der Waals surface area contributed by atoms with E-state index in [2.05, 4.69) is 29.4 Å². The number of unbranched alkanes of at least 4 members (excludes halogenated alkanes) is 1. The lowest BCUT2D eigenvalue weighted by Gasteiger charge is -2.34. The van der Waals surface area contributed by atoms with Gasteiger partial charge < -0.3 is 20.3 Å². The summed E-state index contributed by atoms with van der Waals surface area (Å²) in [5.41, 5.74) is 0. The maximum Gasteiger partial charge on any atom is 0.250 e. The highest BCUT2D eigenvalue weighted by Crippen LogP contribution is 2.20. The first kappa shape index (κ1) is 22.9. The van der Waals surface area contributed by atoms with Crippen molar-refractivity contribution in [2.24, 2.45) is 11.8 Å². The average molecular weight is 370 g/mol. The number of carbonyl (C=O) groups excluding carboxylic acids is 1. The third-order valence-corrected chi connectivity index (χ3v) is 4.36. The molecule has 0 aromatic heterocycles. The van der Waals surface area contributed by atoms with Crippen LogP contribution in [0, 0.1) is 11.8 Å². The summed E-state index contributed by atoms with van der Waals surface area (Å²) in [6.07, 6.45) is 3.26. The molecule has 0 aromatic carbocycles. The minimum absolute atomic E-state index is 0. The van der Waals surface area contributed by atoms with Crippen molar-refractivity contribution in [3.63, 3.8) is 0 Å². The number of carbonyl (C=O) groups is 1. The molecule has 2 rings (SSSR count). The molecule has 0 radical (unpaired) electrons. The fourth-order valence-corrected chi connectivity index (χ4v) is 3.49. The van der Waals surface area contributed by atoms with Crippen LogP contribution < -0.4 is 10.6 Å². The summed E-state index contributed by atoms with van der Waals surface area (Å²) in [4.78, 5) is 14.4. The average Bonchev–Trinajstić information content (AvgIpc) is 2.46. The van der Waals surface area contributed by atoms with Gasteiger partial charge in [0, 0.05) is 32.7 Å². The zero-order valence-electron chi connectivity index (χ0n) is 14.4. The quantitative estimate of drug-likeness (QED) is 0.699. The summed E-state index contributed by atoms with van der Waals surface area (Å²) < 4.78 is 5.43. The summed E-state index contributed by atoms with van der Waals surface area (Å²) in [5.74, 6) is 1.68. The summed E-state index contributed by atoms with van der Waals surface area (Å²) in [5, 5.41) is 6.16. The first-order valence-electron chi connectivity index (χ1n) is 8.47. The Morgan fingerprint density at radius 2 is 1.91 bits per heavy atom. The van der Waals surface area contributed by atoms with Crippen LogP contribution in [-0.4, -0.2) is 62.8 Å². The van der Waals surface area contributed by atoms with Gasteiger partial charge >= 0.3 is 0 Å². The van der Waals surface area contributed by atoms with Crippen molar-refractivity contribution < 1.29 is 9.53 Å². The van der Waals surface area contributed by atoms with Crippen LogP contribution in [0.15, 0.2) is 0 Å². The van der Waals surface area contributed by atoms with Gasteiger partial charge in [0.05, 0.1) is 6.61 Å². The minimum atomic E-state index is -0.303. The maximum atomic E-state index is 11.9. The Hall–Kier alpha value is -0.0700. The van der Waals surface area contributed by atoms with Gasteiger partial charge in [-0.1, -0.05) is 13.8 Å². The van der Waals surface area contributed by atoms with E-state index in [-0.39, 0.29) is 36.8 Å². The van der Waals surface area contributed by atoms with Crippen LogP contribution in [0.2, 0.25) is 0 Å². The summed E-state index contributed by atoms with van der Waals surface area (Å²) in [6.45, 7) is 11.2. The van der Waals surface area contributed by atoms with Gasteiger partial charge in [0.2, 0.25) is 5.91 Å². The second-order valence-electron chi connectivity index (χ2n) is 6.77. The number of hydrogen-bond donors (Lipinski definition) is 2. The van der Waals surface area contributed by atoms with Crippen molar-refractivity contribution in [3.8, 4) is 0 Å². The molecule has 2 aliphatic rings. The Morgan fingerprint density at radius 3 is 2.52 bits per heavy atom. The Morgan fingerprint density at radius 1 is 1.22 bits per heavy atom. The zero-order chi connectivity index (χ0) is 15.1. The summed E-state index contributed by atoms with van der Waals surface area (Å²) in [7, 11) is 0. The molecule has 3 unspecified atom stereocenters. The molecule has 0 aromatic rings. The Bertz CT molecular complexity index is 318. The first-order valence-corrected chi connectivity index (χ1v) is 8.47. The van der Waals surface area contributed by atoms with Crippen molar-refractivity contribution in [1.29, 1.82) is 0 Å². The van der Waals surface area contributed by atoms with Gasteiger partial charge in [-0.3, -0.25) is 4.79 Å². The predicted octanol–water partition coefficient (Wildman–Crippen LogP) is 1.69. The van der Waals surface area contributed by atoms with E-state index in [0.717, 1.165) is 44.3 Å². The van der Waals surface area contributed by atoms with E-state index in [1.165, 1.54) is 19.5 Å². The SMILES string of the molecule is CC1CC(C)CN(CCCCNC(=O)C2CNCCO2)C1.Cl.Cl. The van der Waals surface area contributed by atoms with Crippen LogP contribution in [-0.2, 0) is 9.53 Å². The van der Waals surface area contributed by atoms with Gasteiger partial charge in [0.25, 0.3) is 0 Å². The standard InChI is InChI=1S/C16H31N3O2.2ClH/c1-13-9-14(2)12-19(11-13)7-4-3-5-18-16(20)15-10-17-6-8-21-15;;/h13-15,17H,3-12H2,1-2H3,(H,18,20);2*1H. The molecule has 2 N–H and O–H groups in total. The maximum absolute atomic E-state index is 11.9. The van der Waals surface area contributed by atoms with Crippen LogP contribution >= 0.6 is 24.8 Å². The van der Waals surface area contributed by atoms with Crippen molar-refractivity contribution in [2.75, 3.05) is 45.9 Å². The number of halogens is 2. The van der Waals surface area contributed by atoms with Crippen LogP contribution in [0.25, 0.3) is 0 Å². The Labute approximate surface area is 153 Å². The van der Waals surface area contributed by atoms with E-state index in [1.54, 1.807) is 0 Å². The number of piperidine rings is 1. The largest absolute Gasteiger partial charge is 0.366 e. The summed E-state index contributed by atoms with van der Waals surface area (Å²) in [6, 6.07) is 0. The molecule has 7 heteroatoms. The second kappa shape index (κ2) is 12.3. The fourth-order valence-electron chi connectivity index (χ4n) is 3.49. The second-order valence-corrected chi connectivity index (χ2v) is 6.77. The van der Waals surface area contributed by atoms with E-state index in [1.807, 2.05) is 0 Å². The van der Waals surface area contributed by atoms with Gasteiger partial charge in [0.15, 0.2) is 0 Å². The molecule has 2 saturated heterocycles. The van der Waals surface area contributed by atoms with Crippen molar-refractivity contribution in [1.82, 2.24) is 15.5 Å². The number of rotatable bonds is 6. The lowest BCUT2D eigenvalue weighted by atomic mass is 9.92. The van der Waals surface area contributed by atoms with Crippen molar-refractivity contribution in [3.05, 3.63) is 0 Å². The molecule has 2 fully saturated rings. The molecular formula is C16H33Cl2N3O2. The highest BCUT2D eigenvalue weighted by Gasteiger charge is 2.22. The van der Waals surface area contributed by atoms with Crippen LogP contribution in [0.3, 0.4) is 0 Å². The number of hydrogen-bond acceptors (Lipinski definition) is 4. The lowest BCUT2D eigenvalue weighted by Crippen LogP contribution is -2.48. The highest BCUT2D eigenvalue weighted by atomic mass is 35.5. The van der Waals surface area contributed by atoms with Gasteiger partial charge in [0.1, 0.15) is 6.10 Å². The lowest BCUT2D eigenvalue weighted by molar-refractivity contribution is -0.134. The van der Waals surface area contributed by atoms with E-state index < -0.39 is 0 Å². The van der Waals surface area contributed by atoms with Gasteiger partial charge in [-0.15, -0.1) is 24.8 Å². The fraction of sp³-hybridized carbons (Fsp3) is 0.938. The number of likely N-dealkylation sites (tertiary alicyclic amines) is 1. The van der Waals surface area contributed by atoms with Crippen molar-refractivity contribution in [2.45, 2.75) is 39.2 Å². The Kier molecular flexibility index (Phi) is 12.3. The minimum Gasteiger partial charge on any atom is -0.366 e. The third kappa shape index (κ3) is 8.54. The van der Waals surface area contributed by atoms with Gasteiger partial charge in [-0.2, -0.15) is 0 Å². The molecule has 0 spiro atoms. The molecule has 138 valence electrons. The number of nitrogens with one attached hydrogen (secondary N) is 2. The highest BCUT2D eigenvalue weighted by molar-refractivity contribution is 5.85. The topological polar surface area (TPSA) is 53.6 Å².